The van der Waals surface area contributed by atoms with Gasteiger partial charge in [-0.2, -0.15) is 0 Å². The molecule has 1 atom stereocenters. The number of amides is 1. The summed E-state index contributed by atoms with van der Waals surface area (Å²) in [6.45, 7) is 1.04. The summed E-state index contributed by atoms with van der Waals surface area (Å²) < 4.78 is 16.2. The molecule has 3 aromatic rings. The van der Waals surface area contributed by atoms with E-state index in [0.29, 0.717) is 30.7 Å². The van der Waals surface area contributed by atoms with Gasteiger partial charge in [0, 0.05) is 20.1 Å². The maximum Gasteiger partial charge on any atom is 0.330 e. The van der Waals surface area contributed by atoms with E-state index in [4.69, 9.17) is 0 Å². The number of fused-ring (bicyclic) bond motifs is 1. The van der Waals surface area contributed by atoms with E-state index in [0.717, 1.165) is 5.56 Å². The highest BCUT2D eigenvalue weighted by Gasteiger charge is 2.30. The Labute approximate surface area is 148 Å². The van der Waals surface area contributed by atoms with Crippen molar-refractivity contribution in [3.8, 4) is 0 Å². The van der Waals surface area contributed by atoms with Crippen LogP contribution in [0, 0.1) is 5.82 Å². The van der Waals surface area contributed by atoms with Crippen molar-refractivity contribution in [3.05, 3.63) is 58.7 Å². The minimum atomic E-state index is -0.320. The summed E-state index contributed by atoms with van der Waals surface area (Å²) in [5.74, 6) is -0.346. The van der Waals surface area contributed by atoms with Crippen molar-refractivity contribution >= 4 is 17.1 Å². The maximum absolute atomic E-state index is 13.0. The van der Waals surface area contributed by atoms with Crippen LogP contribution in [-0.4, -0.2) is 43.0 Å². The van der Waals surface area contributed by atoms with Crippen molar-refractivity contribution in [1.29, 1.82) is 0 Å². The SMILES string of the molecule is Cn1c(=O)n([C@H]2CCN(C(=O)Cc3ccc(F)cc3)C2)c2ncncc21. The molecule has 1 saturated heterocycles. The van der Waals surface area contributed by atoms with Crippen LogP contribution in [0.2, 0.25) is 0 Å². The van der Waals surface area contributed by atoms with Gasteiger partial charge in [-0.25, -0.2) is 19.2 Å². The Balaban J connectivity index is 1.54. The number of aryl methyl sites for hydroxylation is 1. The average molecular weight is 355 g/mol. The first-order valence-electron chi connectivity index (χ1n) is 8.43. The molecule has 2 aromatic heterocycles. The molecule has 1 fully saturated rings. The van der Waals surface area contributed by atoms with Crippen molar-refractivity contribution in [2.45, 2.75) is 18.9 Å². The number of rotatable bonds is 3. The van der Waals surface area contributed by atoms with E-state index in [1.807, 2.05) is 0 Å². The van der Waals surface area contributed by atoms with Crippen LogP contribution in [0.1, 0.15) is 18.0 Å². The van der Waals surface area contributed by atoms with Crippen LogP contribution in [0.25, 0.3) is 11.2 Å². The van der Waals surface area contributed by atoms with Gasteiger partial charge in [0.05, 0.1) is 18.7 Å². The van der Waals surface area contributed by atoms with Gasteiger partial charge >= 0.3 is 5.69 Å². The first-order valence-corrected chi connectivity index (χ1v) is 8.43. The number of carbonyl (C=O) groups excluding carboxylic acids is 1. The van der Waals surface area contributed by atoms with Crippen molar-refractivity contribution in [3.63, 3.8) is 0 Å². The second kappa shape index (κ2) is 6.36. The van der Waals surface area contributed by atoms with E-state index in [-0.39, 0.29) is 29.9 Å². The Hall–Kier alpha value is -3.03. The van der Waals surface area contributed by atoms with Gasteiger partial charge in [-0.15, -0.1) is 0 Å². The third-order valence-corrected chi connectivity index (χ3v) is 4.90. The number of carbonyl (C=O) groups is 1. The van der Waals surface area contributed by atoms with E-state index >= 15 is 0 Å². The molecule has 0 aliphatic carbocycles. The molecule has 0 bridgehead atoms. The van der Waals surface area contributed by atoms with E-state index < -0.39 is 0 Å². The van der Waals surface area contributed by atoms with E-state index in [9.17, 15) is 14.0 Å². The third-order valence-electron chi connectivity index (χ3n) is 4.90. The van der Waals surface area contributed by atoms with Gasteiger partial charge in [0.2, 0.25) is 5.91 Å². The Kier molecular flexibility index (Phi) is 4.02. The number of likely N-dealkylation sites (tertiary alicyclic amines) is 1. The highest BCUT2D eigenvalue weighted by Crippen LogP contribution is 2.24. The van der Waals surface area contributed by atoms with Crippen LogP contribution in [0.5, 0.6) is 0 Å². The van der Waals surface area contributed by atoms with Crippen LogP contribution in [0.4, 0.5) is 4.39 Å². The zero-order valence-corrected chi connectivity index (χ0v) is 14.3. The van der Waals surface area contributed by atoms with E-state index in [2.05, 4.69) is 9.97 Å². The van der Waals surface area contributed by atoms with Crippen molar-refractivity contribution in [1.82, 2.24) is 24.0 Å². The molecular formula is C18H18FN5O2. The normalized spacial score (nSPS) is 17.2. The van der Waals surface area contributed by atoms with Gasteiger partial charge in [0.15, 0.2) is 5.65 Å². The molecule has 134 valence electrons. The molecular weight excluding hydrogens is 337 g/mol. The summed E-state index contributed by atoms with van der Waals surface area (Å²) in [4.78, 5) is 35.1. The zero-order chi connectivity index (χ0) is 18.3. The minimum absolute atomic E-state index is 0.0259. The van der Waals surface area contributed by atoms with Gasteiger partial charge in [-0.3, -0.25) is 13.9 Å². The molecule has 7 nitrogen and oxygen atoms in total. The van der Waals surface area contributed by atoms with Crippen molar-refractivity contribution in [2.75, 3.05) is 13.1 Å². The number of aromatic nitrogens is 4. The van der Waals surface area contributed by atoms with Gasteiger partial charge in [-0.1, -0.05) is 12.1 Å². The Bertz CT molecular complexity index is 1020. The fraction of sp³-hybridized carbons (Fsp3) is 0.333. The number of benzene rings is 1. The molecule has 8 heteroatoms. The summed E-state index contributed by atoms with van der Waals surface area (Å²) in [6, 6.07) is 5.83. The first kappa shape index (κ1) is 16.4. The number of nitrogens with zero attached hydrogens (tertiary/aromatic N) is 5. The first-order chi connectivity index (χ1) is 12.5. The van der Waals surface area contributed by atoms with Crippen LogP contribution in [-0.2, 0) is 18.3 Å². The van der Waals surface area contributed by atoms with Crippen molar-refractivity contribution in [2.24, 2.45) is 7.05 Å². The number of hydrogen-bond donors (Lipinski definition) is 0. The average Bonchev–Trinajstić information content (AvgIpc) is 3.21. The number of hydrogen-bond acceptors (Lipinski definition) is 4. The molecule has 1 amide bonds. The molecule has 0 radical (unpaired) electrons. The number of halogens is 1. The maximum atomic E-state index is 13.0. The predicted molar refractivity (Wildman–Crippen MR) is 93.1 cm³/mol. The lowest BCUT2D eigenvalue weighted by Crippen LogP contribution is -2.32. The Morgan fingerprint density at radius 2 is 2.08 bits per heavy atom. The van der Waals surface area contributed by atoms with Crippen LogP contribution < -0.4 is 5.69 Å². The Morgan fingerprint density at radius 1 is 1.31 bits per heavy atom. The minimum Gasteiger partial charge on any atom is -0.340 e. The summed E-state index contributed by atoms with van der Waals surface area (Å²) in [5, 5.41) is 0. The monoisotopic (exact) mass is 355 g/mol. The van der Waals surface area contributed by atoms with E-state index in [1.54, 1.807) is 34.8 Å². The highest BCUT2D eigenvalue weighted by molar-refractivity contribution is 5.79. The topological polar surface area (TPSA) is 73.0 Å². The smallest absolute Gasteiger partial charge is 0.330 e. The fourth-order valence-corrected chi connectivity index (χ4v) is 3.49. The molecule has 26 heavy (non-hydrogen) atoms. The van der Waals surface area contributed by atoms with Crippen LogP contribution in [0.15, 0.2) is 41.6 Å². The lowest BCUT2D eigenvalue weighted by atomic mass is 10.1. The van der Waals surface area contributed by atoms with Crippen LogP contribution >= 0.6 is 0 Å². The molecule has 0 unspecified atom stereocenters. The molecule has 0 spiro atoms. The summed E-state index contributed by atoms with van der Waals surface area (Å²) in [5.41, 5.74) is 1.88. The number of imidazole rings is 1. The highest BCUT2D eigenvalue weighted by atomic mass is 19.1. The summed E-state index contributed by atoms with van der Waals surface area (Å²) in [7, 11) is 1.69. The fourth-order valence-electron chi connectivity index (χ4n) is 3.49. The second-order valence-corrected chi connectivity index (χ2v) is 6.53. The standard InChI is InChI=1S/C18H18FN5O2/c1-22-15-9-20-11-21-17(15)24(18(22)26)14-6-7-23(10-14)16(25)8-12-2-4-13(19)5-3-12/h2-5,9,11,14H,6-8,10H2,1H3/t14-/m0/s1. The molecule has 1 aliphatic heterocycles. The quantitative estimate of drug-likeness (QED) is 0.710. The predicted octanol–water partition coefficient (Wildman–Crippen LogP) is 1.29. The largest absolute Gasteiger partial charge is 0.340 e. The van der Waals surface area contributed by atoms with Gasteiger partial charge in [0.25, 0.3) is 0 Å². The van der Waals surface area contributed by atoms with Gasteiger partial charge < -0.3 is 4.90 Å². The van der Waals surface area contributed by atoms with Gasteiger partial charge in [-0.05, 0) is 24.1 Å². The summed E-state index contributed by atoms with van der Waals surface area (Å²) in [6.07, 6.45) is 3.95. The van der Waals surface area contributed by atoms with E-state index in [1.165, 1.54) is 23.0 Å². The molecule has 4 rings (SSSR count). The lowest BCUT2D eigenvalue weighted by molar-refractivity contribution is -0.129. The second-order valence-electron chi connectivity index (χ2n) is 6.53. The Morgan fingerprint density at radius 3 is 2.85 bits per heavy atom. The molecule has 3 heterocycles. The zero-order valence-electron chi connectivity index (χ0n) is 14.3. The molecule has 0 N–H and O–H groups in total. The molecule has 1 aromatic carbocycles. The third kappa shape index (κ3) is 2.77. The summed E-state index contributed by atoms with van der Waals surface area (Å²) >= 11 is 0. The lowest BCUT2D eigenvalue weighted by Gasteiger charge is -2.17. The van der Waals surface area contributed by atoms with Gasteiger partial charge in [0.1, 0.15) is 17.7 Å². The van der Waals surface area contributed by atoms with Crippen LogP contribution in [0.3, 0.4) is 0 Å². The molecule has 0 saturated carbocycles. The molecule has 1 aliphatic rings. The van der Waals surface area contributed by atoms with Crippen molar-refractivity contribution < 1.29 is 9.18 Å².